The molecule has 0 aliphatic heterocycles. The number of halogens is 1. The minimum atomic E-state index is -0.229. The maximum atomic E-state index is 12.9. The summed E-state index contributed by atoms with van der Waals surface area (Å²) in [5.74, 6) is -0.229. The zero-order valence-corrected chi connectivity index (χ0v) is 9.02. The first-order valence-corrected chi connectivity index (χ1v) is 5.06. The van der Waals surface area contributed by atoms with Gasteiger partial charge < -0.3 is 5.32 Å². The van der Waals surface area contributed by atoms with Crippen molar-refractivity contribution in [3.8, 4) is 0 Å². The Morgan fingerprint density at radius 1 is 1.44 bits per heavy atom. The van der Waals surface area contributed by atoms with Crippen LogP contribution in [0.15, 0.2) is 30.5 Å². The maximum absolute atomic E-state index is 12.9. The van der Waals surface area contributed by atoms with E-state index in [-0.39, 0.29) is 5.82 Å². The second-order valence-electron chi connectivity index (χ2n) is 3.57. The highest BCUT2D eigenvalue weighted by atomic mass is 19.1. The fraction of sp³-hybridized carbons (Fsp3) is 0.273. The molecule has 84 valence electrons. The third-order valence-electron chi connectivity index (χ3n) is 2.18. The molecule has 0 unspecified atom stereocenters. The second-order valence-corrected chi connectivity index (χ2v) is 3.57. The summed E-state index contributed by atoms with van der Waals surface area (Å²) in [6, 6.07) is 6.48. The van der Waals surface area contributed by atoms with Gasteiger partial charge in [-0.2, -0.15) is 0 Å². The Balaban J connectivity index is 2.08. The molecule has 1 N–H and O–H groups in total. The van der Waals surface area contributed by atoms with Crippen LogP contribution in [0, 0.1) is 5.82 Å². The number of benzene rings is 1. The summed E-state index contributed by atoms with van der Waals surface area (Å²) in [4.78, 5) is 0. The molecule has 0 saturated heterocycles. The number of aromatic nitrogens is 3. The molecule has 0 aliphatic carbocycles. The zero-order chi connectivity index (χ0) is 11.4. The van der Waals surface area contributed by atoms with Crippen molar-refractivity contribution in [1.29, 1.82) is 0 Å². The number of hydrogen-bond donors (Lipinski definition) is 1. The van der Waals surface area contributed by atoms with Crippen molar-refractivity contribution in [2.45, 2.75) is 13.1 Å². The molecule has 0 aliphatic rings. The van der Waals surface area contributed by atoms with Gasteiger partial charge >= 0.3 is 0 Å². The predicted molar refractivity (Wildman–Crippen MR) is 58.3 cm³/mol. The van der Waals surface area contributed by atoms with E-state index in [1.165, 1.54) is 12.1 Å². The number of nitrogens with zero attached hydrogens (tertiary/aromatic N) is 3. The molecule has 0 saturated carbocycles. The van der Waals surface area contributed by atoms with Gasteiger partial charge in [-0.1, -0.05) is 17.3 Å². The van der Waals surface area contributed by atoms with Crippen LogP contribution in [0.4, 0.5) is 4.39 Å². The highest BCUT2D eigenvalue weighted by Crippen LogP contribution is 2.05. The summed E-state index contributed by atoms with van der Waals surface area (Å²) >= 11 is 0. The first-order chi connectivity index (χ1) is 7.78. The lowest BCUT2D eigenvalue weighted by Gasteiger charge is -2.00. The quantitative estimate of drug-likeness (QED) is 0.841. The van der Waals surface area contributed by atoms with Crippen LogP contribution in [0.3, 0.4) is 0 Å². The van der Waals surface area contributed by atoms with E-state index in [0.717, 1.165) is 11.3 Å². The minimum absolute atomic E-state index is 0.229. The average Bonchev–Trinajstić information content (AvgIpc) is 2.66. The fourth-order valence-corrected chi connectivity index (χ4v) is 1.50. The summed E-state index contributed by atoms with van der Waals surface area (Å²) in [5, 5.41) is 10.9. The van der Waals surface area contributed by atoms with Crippen LogP contribution < -0.4 is 5.32 Å². The summed E-state index contributed by atoms with van der Waals surface area (Å²) < 4.78 is 14.6. The summed E-state index contributed by atoms with van der Waals surface area (Å²) in [6.45, 7) is 1.22. The summed E-state index contributed by atoms with van der Waals surface area (Å²) in [5.41, 5.74) is 1.75. The van der Waals surface area contributed by atoms with Gasteiger partial charge in [0.2, 0.25) is 0 Å². The normalized spacial score (nSPS) is 10.6. The Bertz CT molecular complexity index is 467. The third kappa shape index (κ3) is 2.64. The smallest absolute Gasteiger partial charge is 0.123 e. The highest BCUT2D eigenvalue weighted by Gasteiger charge is 2.01. The SMILES string of the molecule is CNCc1cn(Cc2cccc(F)c2)nn1. The molecule has 1 heterocycles. The van der Waals surface area contributed by atoms with Crippen molar-refractivity contribution in [2.24, 2.45) is 0 Å². The van der Waals surface area contributed by atoms with Crippen LogP contribution in [0.2, 0.25) is 0 Å². The molecular formula is C11H13FN4. The van der Waals surface area contributed by atoms with Gasteiger partial charge in [-0.15, -0.1) is 5.10 Å². The van der Waals surface area contributed by atoms with E-state index >= 15 is 0 Å². The molecule has 0 fully saturated rings. The molecule has 1 aromatic heterocycles. The molecule has 0 amide bonds. The Morgan fingerprint density at radius 2 is 2.31 bits per heavy atom. The highest BCUT2D eigenvalue weighted by molar-refractivity contribution is 5.16. The molecule has 1 aromatic carbocycles. The van der Waals surface area contributed by atoms with Crippen LogP contribution in [0.5, 0.6) is 0 Å². The van der Waals surface area contributed by atoms with Crippen molar-refractivity contribution in [2.75, 3.05) is 7.05 Å². The van der Waals surface area contributed by atoms with Gasteiger partial charge in [0.15, 0.2) is 0 Å². The lowest BCUT2D eigenvalue weighted by atomic mass is 10.2. The predicted octanol–water partition coefficient (Wildman–Crippen LogP) is 1.18. The van der Waals surface area contributed by atoms with E-state index in [1.807, 2.05) is 19.3 Å². The van der Waals surface area contributed by atoms with Crippen molar-refractivity contribution >= 4 is 0 Å². The van der Waals surface area contributed by atoms with Crippen molar-refractivity contribution < 1.29 is 4.39 Å². The molecular weight excluding hydrogens is 207 g/mol. The van der Waals surface area contributed by atoms with E-state index in [9.17, 15) is 4.39 Å². The second kappa shape index (κ2) is 4.85. The maximum Gasteiger partial charge on any atom is 0.123 e. The van der Waals surface area contributed by atoms with Crippen LogP contribution in [0.1, 0.15) is 11.3 Å². The Labute approximate surface area is 93.1 Å². The summed E-state index contributed by atoms with van der Waals surface area (Å²) in [7, 11) is 1.85. The van der Waals surface area contributed by atoms with Gasteiger partial charge in [0.05, 0.1) is 18.4 Å². The largest absolute Gasteiger partial charge is 0.314 e. The molecule has 16 heavy (non-hydrogen) atoms. The lowest BCUT2D eigenvalue weighted by Crippen LogP contribution is -2.05. The van der Waals surface area contributed by atoms with Crippen LogP contribution in [0.25, 0.3) is 0 Å². The molecule has 0 atom stereocenters. The number of rotatable bonds is 4. The van der Waals surface area contributed by atoms with Crippen molar-refractivity contribution in [1.82, 2.24) is 20.3 Å². The van der Waals surface area contributed by atoms with Gasteiger partial charge in [-0.25, -0.2) is 9.07 Å². The molecule has 2 aromatic rings. The Morgan fingerprint density at radius 3 is 3.06 bits per heavy atom. The molecule has 0 bridgehead atoms. The standard InChI is InChI=1S/C11H13FN4/c1-13-6-11-8-16(15-14-11)7-9-3-2-4-10(12)5-9/h2-5,8,13H,6-7H2,1H3. The minimum Gasteiger partial charge on any atom is -0.314 e. The first kappa shape index (κ1) is 10.8. The number of hydrogen-bond acceptors (Lipinski definition) is 3. The van der Waals surface area contributed by atoms with Crippen LogP contribution in [-0.4, -0.2) is 22.0 Å². The third-order valence-corrected chi connectivity index (χ3v) is 2.18. The fourth-order valence-electron chi connectivity index (χ4n) is 1.50. The van der Waals surface area contributed by atoms with Crippen molar-refractivity contribution in [3.05, 3.63) is 47.5 Å². The van der Waals surface area contributed by atoms with E-state index in [0.29, 0.717) is 13.1 Å². The average molecular weight is 220 g/mol. The monoisotopic (exact) mass is 220 g/mol. The molecule has 4 nitrogen and oxygen atoms in total. The summed E-state index contributed by atoms with van der Waals surface area (Å²) in [6.07, 6.45) is 1.85. The molecule has 0 spiro atoms. The van der Waals surface area contributed by atoms with Gasteiger partial charge in [-0.05, 0) is 24.7 Å². The molecule has 2 rings (SSSR count). The van der Waals surface area contributed by atoms with Crippen LogP contribution in [-0.2, 0) is 13.1 Å². The van der Waals surface area contributed by atoms with Gasteiger partial charge in [-0.3, -0.25) is 0 Å². The zero-order valence-electron chi connectivity index (χ0n) is 9.02. The van der Waals surface area contributed by atoms with Gasteiger partial charge in [0.1, 0.15) is 5.82 Å². The van der Waals surface area contributed by atoms with Crippen molar-refractivity contribution in [3.63, 3.8) is 0 Å². The Hall–Kier alpha value is -1.75. The van der Waals surface area contributed by atoms with E-state index in [4.69, 9.17) is 0 Å². The number of nitrogens with one attached hydrogen (secondary N) is 1. The van der Waals surface area contributed by atoms with Gasteiger partial charge in [0, 0.05) is 6.54 Å². The van der Waals surface area contributed by atoms with E-state index in [2.05, 4.69) is 15.6 Å². The van der Waals surface area contributed by atoms with Crippen LogP contribution >= 0.6 is 0 Å². The van der Waals surface area contributed by atoms with Gasteiger partial charge in [0.25, 0.3) is 0 Å². The Kier molecular flexibility index (Phi) is 3.26. The van der Waals surface area contributed by atoms with E-state index < -0.39 is 0 Å². The molecule has 5 heteroatoms. The molecule has 0 radical (unpaired) electrons. The lowest BCUT2D eigenvalue weighted by molar-refractivity contribution is 0.614. The van der Waals surface area contributed by atoms with E-state index in [1.54, 1.807) is 10.7 Å². The first-order valence-electron chi connectivity index (χ1n) is 5.06. The topological polar surface area (TPSA) is 42.7 Å².